The first-order valence-electron chi connectivity index (χ1n) is 19.0. The molecule has 0 aliphatic heterocycles. The third-order valence-electron chi connectivity index (χ3n) is 11.1. The number of aromatic nitrogens is 4. The van der Waals surface area contributed by atoms with E-state index in [0.29, 0.717) is 17.5 Å². The summed E-state index contributed by atoms with van der Waals surface area (Å²) in [6.07, 6.45) is 0. The molecule has 6 heteroatoms. The van der Waals surface area contributed by atoms with Gasteiger partial charge < -0.3 is 13.4 Å². The van der Waals surface area contributed by atoms with Crippen molar-refractivity contribution < 1.29 is 8.83 Å². The molecule has 12 rings (SSSR count). The lowest BCUT2D eigenvalue weighted by molar-refractivity contribution is 0.656. The van der Waals surface area contributed by atoms with Crippen molar-refractivity contribution >= 4 is 65.7 Å². The molecule has 4 aromatic heterocycles. The Morgan fingerprint density at radius 1 is 0.333 bits per heavy atom. The fourth-order valence-corrected chi connectivity index (χ4v) is 8.40. The van der Waals surface area contributed by atoms with Crippen LogP contribution in [0.2, 0.25) is 0 Å². The van der Waals surface area contributed by atoms with E-state index < -0.39 is 0 Å². The van der Waals surface area contributed by atoms with Crippen molar-refractivity contribution in [3.8, 4) is 51.0 Å². The topological polar surface area (TPSA) is 69.9 Å². The molecule has 4 heterocycles. The smallest absolute Gasteiger partial charge is 0.164 e. The number of benzene rings is 8. The minimum absolute atomic E-state index is 0.584. The van der Waals surface area contributed by atoms with Crippen LogP contribution in [0, 0.1) is 0 Å². The number of hydrogen-bond donors (Lipinski definition) is 0. The lowest BCUT2D eigenvalue weighted by atomic mass is 10.0. The van der Waals surface area contributed by atoms with Gasteiger partial charge >= 0.3 is 0 Å². The van der Waals surface area contributed by atoms with Crippen LogP contribution in [0.15, 0.2) is 191 Å². The summed E-state index contributed by atoms with van der Waals surface area (Å²) in [4.78, 5) is 15.0. The third kappa shape index (κ3) is 5.01. The molecule has 266 valence electrons. The third-order valence-corrected chi connectivity index (χ3v) is 11.1. The molecule has 0 saturated carbocycles. The van der Waals surface area contributed by atoms with Crippen molar-refractivity contribution in [2.24, 2.45) is 0 Å². The van der Waals surface area contributed by atoms with Gasteiger partial charge in [-0.05, 0) is 59.7 Å². The molecule has 0 amide bonds. The Kier molecular flexibility index (Phi) is 6.83. The molecule has 12 aromatic rings. The second kappa shape index (κ2) is 12.3. The zero-order valence-electron chi connectivity index (χ0n) is 30.4. The van der Waals surface area contributed by atoms with E-state index in [1.807, 2.05) is 78.9 Å². The van der Waals surface area contributed by atoms with E-state index in [1.54, 1.807) is 0 Å². The van der Waals surface area contributed by atoms with Gasteiger partial charge in [0, 0.05) is 60.8 Å². The van der Waals surface area contributed by atoms with Crippen molar-refractivity contribution in [2.75, 3.05) is 0 Å². The largest absolute Gasteiger partial charge is 0.456 e. The van der Waals surface area contributed by atoms with Gasteiger partial charge in [-0.25, -0.2) is 15.0 Å². The van der Waals surface area contributed by atoms with Gasteiger partial charge in [-0.15, -0.1) is 0 Å². The van der Waals surface area contributed by atoms with E-state index in [0.717, 1.165) is 82.9 Å². The van der Waals surface area contributed by atoms with Crippen LogP contribution in [-0.4, -0.2) is 19.5 Å². The fraction of sp³-hybridized carbons (Fsp3) is 0. The number of rotatable bonds is 5. The van der Waals surface area contributed by atoms with Crippen molar-refractivity contribution in [1.29, 1.82) is 0 Å². The highest BCUT2D eigenvalue weighted by molar-refractivity contribution is 6.18. The van der Waals surface area contributed by atoms with Crippen LogP contribution in [0.1, 0.15) is 0 Å². The predicted octanol–water partition coefficient (Wildman–Crippen LogP) is 13.4. The lowest BCUT2D eigenvalue weighted by Crippen LogP contribution is -2.00. The molecule has 0 fully saturated rings. The Morgan fingerprint density at radius 3 is 1.67 bits per heavy atom. The summed E-state index contributed by atoms with van der Waals surface area (Å²) in [5.74, 6) is 1.81. The summed E-state index contributed by atoms with van der Waals surface area (Å²) in [6, 6.07) is 62.8. The maximum atomic E-state index is 6.59. The number of para-hydroxylation sites is 2. The quantitative estimate of drug-likeness (QED) is 0.176. The maximum absolute atomic E-state index is 6.59. The van der Waals surface area contributed by atoms with Crippen molar-refractivity contribution in [3.05, 3.63) is 182 Å². The molecule has 0 unspecified atom stereocenters. The zero-order valence-corrected chi connectivity index (χ0v) is 30.4. The molecule has 0 bridgehead atoms. The molecule has 57 heavy (non-hydrogen) atoms. The molecule has 0 aliphatic rings. The summed E-state index contributed by atoms with van der Waals surface area (Å²) in [5.41, 5.74) is 11.5. The number of nitrogens with zero attached hydrogens (tertiary/aromatic N) is 4. The summed E-state index contributed by atoms with van der Waals surface area (Å²) in [5, 5.41) is 6.45. The average molecular weight is 731 g/mol. The maximum Gasteiger partial charge on any atom is 0.164 e. The van der Waals surface area contributed by atoms with Gasteiger partial charge in [0.25, 0.3) is 0 Å². The van der Waals surface area contributed by atoms with Crippen LogP contribution >= 0.6 is 0 Å². The zero-order chi connectivity index (χ0) is 37.5. The van der Waals surface area contributed by atoms with E-state index >= 15 is 0 Å². The van der Waals surface area contributed by atoms with Gasteiger partial charge in [-0.3, -0.25) is 0 Å². The standard InChI is InChI=1S/C51H30N4O2/c1-4-13-31(14-5-1)49-52-50(32-15-6-2-7-16-32)54-51(53-49)39-20-12-22-44-48(39)41-29-40-38-26-24-34(28-45(38)57-46(40)30-47(41)56-44)33-23-25-37-36-19-10-11-21-42(36)55(43(37)27-33)35-17-8-3-9-18-35/h1-30H. The Labute approximate surface area is 325 Å². The Balaban J connectivity index is 1.01. The highest BCUT2D eigenvalue weighted by Crippen LogP contribution is 2.42. The summed E-state index contributed by atoms with van der Waals surface area (Å²) in [6.45, 7) is 0. The van der Waals surface area contributed by atoms with Gasteiger partial charge in [-0.2, -0.15) is 0 Å². The number of fused-ring (bicyclic) bond motifs is 9. The molecular formula is C51H30N4O2. The van der Waals surface area contributed by atoms with Crippen molar-refractivity contribution in [3.63, 3.8) is 0 Å². The summed E-state index contributed by atoms with van der Waals surface area (Å²) < 4.78 is 15.5. The lowest BCUT2D eigenvalue weighted by Gasteiger charge is -2.09. The Morgan fingerprint density at radius 2 is 0.912 bits per heavy atom. The van der Waals surface area contributed by atoms with Gasteiger partial charge in [0.2, 0.25) is 0 Å². The monoisotopic (exact) mass is 730 g/mol. The second-order valence-electron chi connectivity index (χ2n) is 14.4. The normalized spacial score (nSPS) is 11.9. The van der Waals surface area contributed by atoms with Gasteiger partial charge in [-0.1, -0.05) is 127 Å². The first-order valence-corrected chi connectivity index (χ1v) is 19.0. The Bertz CT molecular complexity index is 3450. The molecule has 0 radical (unpaired) electrons. The minimum atomic E-state index is 0.584. The number of hydrogen-bond acceptors (Lipinski definition) is 5. The molecule has 8 aromatic carbocycles. The molecule has 0 saturated heterocycles. The molecule has 0 atom stereocenters. The van der Waals surface area contributed by atoms with Crippen molar-refractivity contribution in [1.82, 2.24) is 19.5 Å². The van der Waals surface area contributed by atoms with Gasteiger partial charge in [0.15, 0.2) is 17.5 Å². The van der Waals surface area contributed by atoms with Crippen LogP contribution in [0.4, 0.5) is 0 Å². The van der Waals surface area contributed by atoms with E-state index in [1.165, 1.54) is 16.3 Å². The minimum Gasteiger partial charge on any atom is -0.456 e. The predicted molar refractivity (Wildman–Crippen MR) is 230 cm³/mol. The Hall–Kier alpha value is -7.83. The van der Waals surface area contributed by atoms with Crippen molar-refractivity contribution in [2.45, 2.75) is 0 Å². The average Bonchev–Trinajstić information content (AvgIpc) is 3.94. The second-order valence-corrected chi connectivity index (χ2v) is 14.4. The van der Waals surface area contributed by atoms with Crippen LogP contribution in [0.5, 0.6) is 0 Å². The highest BCUT2D eigenvalue weighted by Gasteiger charge is 2.20. The summed E-state index contributed by atoms with van der Waals surface area (Å²) >= 11 is 0. The van der Waals surface area contributed by atoms with Crippen LogP contribution in [0.25, 0.3) is 117 Å². The van der Waals surface area contributed by atoms with E-state index in [-0.39, 0.29) is 0 Å². The first-order chi connectivity index (χ1) is 28.2. The molecular weight excluding hydrogens is 701 g/mol. The van der Waals surface area contributed by atoms with E-state index in [4.69, 9.17) is 23.8 Å². The molecule has 0 N–H and O–H groups in total. The highest BCUT2D eigenvalue weighted by atomic mass is 16.3. The van der Waals surface area contributed by atoms with Gasteiger partial charge in [0.05, 0.1) is 11.0 Å². The summed E-state index contributed by atoms with van der Waals surface area (Å²) in [7, 11) is 0. The van der Waals surface area contributed by atoms with Crippen LogP contribution < -0.4 is 0 Å². The molecule has 0 aliphatic carbocycles. The van der Waals surface area contributed by atoms with Gasteiger partial charge in [0.1, 0.15) is 22.3 Å². The fourth-order valence-electron chi connectivity index (χ4n) is 8.40. The first kappa shape index (κ1) is 31.5. The molecule has 6 nitrogen and oxygen atoms in total. The number of furan rings is 2. The molecule has 0 spiro atoms. The van der Waals surface area contributed by atoms with E-state index in [2.05, 4.69) is 108 Å². The SMILES string of the molecule is c1ccc(-c2nc(-c3ccccc3)nc(-c3cccc4oc5cc6oc7cc(-c8ccc9c%10ccccc%10n(-c%10ccccc%10)c9c8)ccc7c6cc5c34)n2)cc1. The van der Waals surface area contributed by atoms with Crippen LogP contribution in [-0.2, 0) is 0 Å². The van der Waals surface area contributed by atoms with Crippen LogP contribution in [0.3, 0.4) is 0 Å². The van der Waals surface area contributed by atoms with E-state index in [9.17, 15) is 0 Å².